The van der Waals surface area contributed by atoms with E-state index < -0.39 is 10.0 Å². The molecule has 1 N–H and O–H groups in total. The van der Waals surface area contributed by atoms with Crippen LogP contribution in [0.2, 0.25) is 0 Å². The number of carbonyl (C=O) groups excluding carboxylic acids is 1. The van der Waals surface area contributed by atoms with Crippen molar-refractivity contribution in [2.75, 3.05) is 29.5 Å². The molecule has 6 nitrogen and oxygen atoms in total. The fourth-order valence-electron chi connectivity index (χ4n) is 2.32. The van der Waals surface area contributed by atoms with Crippen molar-refractivity contribution in [1.82, 2.24) is 0 Å². The van der Waals surface area contributed by atoms with Gasteiger partial charge in [0.05, 0.1) is 19.1 Å². The van der Waals surface area contributed by atoms with Crippen molar-refractivity contribution in [3.05, 3.63) is 54.1 Å². The van der Waals surface area contributed by atoms with Gasteiger partial charge in [-0.15, -0.1) is 0 Å². The Kier molecular flexibility index (Phi) is 6.03. The van der Waals surface area contributed by atoms with Crippen molar-refractivity contribution in [3.63, 3.8) is 0 Å². The van der Waals surface area contributed by atoms with Crippen molar-refractivity contribution in [1.29, 1.82) is 0 Å². The SMILES string of the molecule is COc1cccc(NC(=O)CCN(c2ccc(C)cc2)S(C)(=O)=O)c1. The number of ether oxygens (including phenoxy) is 1. The molecule has 0 atom stereocenters. The van der Waals surface area contributed by atoms with Crippen molar-refractivity contribution < 1.29 is 17.9 Å². The molecule has 1 amide bonds. The van der Waals surface area contributed by atoms with Gasteiger partial charge in [-0.25, -0.2) is 8.42 Å². The molecule has 0 saturated heterocycles. The molecule has 0 aliphatic heterocycles. The fraction of sp³-hybridized carbons (Fsp3) is 0.278. The number of carbonyl (C=O) groups is 1. The number of rotatable bonds is 7. The number of nitrogens with zero attached hydrogens (tertiary/aromatic N) is 1. The van der Waals surface area contributed by atoms with Crippen molar-refractivity contribution in [2.24, 2.45) is 0 Å². The van der Waals surface area contributed by atoms with Gasteiger partial charge in [-0.2, -0.15) is 0 Å². The summed E-state index contributed by atoms with van der Waals surface area (Å²) in [6.07, 6.45) is 1.17. The fourth-order valence-corrected chi connectivity index (χ4v) is 3.25. The first-order chi connectivity index (χ1) is 11.8. The molecule has 2 rings (SSSR count). The lowest BCUT2D eigenvalue weighted by Gasteiger charge is -2.22. The summed E-state index contributed by atoms with van der Waals surface area (Å²) in [5, 5.41) is 2.74. The van der Waals surface area contributed by atoms with Crippen LogP contribution in [-0.4, -0.2) is 34.2 Å². The van der Waals surface area contributed by atoms with Crippen LogP contribution < -0.4 is 14.4 Å². The number of sulfonamides is 1. The molecule has 0 saturated carbocycles. The second kappa shape index (κ2) is 8.02. The van der Waals surface area contributed by atoms with Crippen LogP contribution >= 0.6 is 0 Å². The Labute approximate surface area is 148 Å². The minimum atomic E-state index is -3.48. The standard InChI is InChI=1S/C18H22N2O4S/c1-14-7-9-16(10-8-14)20(25(3,22)23)12-11-18(21)19-15-5-4-6-17(13-15)24-2/h4-10,13H,11-12H2,1-3H3,(H,19,21). The highest BCUT2D eigenvalue weighted by Gasteiger charge is 2.18. The Bertz CT molecular complexity index is 832. The smallest absolute Gasteiger partial charge is 0.232 e. The quantitative estimate of drug-likeness (QED) is 0.822. The van der Waals surface area contributed by atoms with E-state index in [2.05, 4.69) is 5.32 Å². The van der Waals surface area contributed by atoms with E-state index in [1.807, 2.05) is 19.1 Å². The van der Waals surface area contributed by atoms with Gasteiger partial charge in [-0.3, -0.25) is 9.10 Å². The van der Waals surface area contributed by atoms with Crippen LogP contribution in [0, 0.1) is 6.92 Å². The summed E-state index contributed by atoms with van der Waals surface area (Å²) in [5.74, 6) is 0.365. The number of amides is 1. The molecule has 0 unspecified atom stereocenters. The lowest BCUT2D eigenvalue weighted by Crippen LogP contribution is -2.33. The molecule has 134 valence electrons. The minimum Gasteiger partial charge on any atom is -0.497 e. The molecule has 0 aliphatic rings. The van der Waals surface area contributed by atoms with Crippen LogP contribution in [0.5, 0.6) is 5.75 Å². The highest BCUT2D eigenvalue weighted by atomic mass is 32.2. The molecule has 0 spiro atoms. The Morgan fingerprint density at radius 2 is 1.84 bits per heavy atom. The van der Waals surface area contributed by atoms with Gasteiger partial charge in [-0.1, -0.05) is 23.8 Å². The molecule has 2 aromatic rings. The maximum atomic E-state index is 12.2. The first kappa shape index (κ1) is 18.8. The predicted octanol–water partition coefficient (Wildman–Crippen LogP) is 2.80. The van der Waals surface area contributed by atoms with E-state index in [0.717, 1.165) is 11.8 Å². The van der Waals surface area contributed by atoms with Crippen molar-refractivity contribution >= 4 is 27.3 Å². The highest BCUT2D eigenvalue weighted by molar-refractivity contribution is 7.92. The zero-order chi connectivity index (χ0) is 18.4. The van der Waals surface area contributed by atoms with Crippen LogP contribution in [0.3, 0.4) is 0 Å². The Morgan fingerprint density at radius 1 is 1.16 bits per heavy atom. The minimum absolute atomic E-state index is 0.0398. The normalized spacial score (nSPS) is 11.0. The van der Waals surface area contributed by atoms with E-state index in [1.165, 1.54) is 4.31 Å². The Hall–Kier alpha value is -2.54. The number of hydrogen-bond acceptors (Lipinski definition) is 4. The monoisotopic (exact) mass is 362 g/mol. The van der Waals surface area contributed by atoms with Crippen LogP contribution in [0.15, 0.2) is 48.5 Å². The third-order valence-corrected chi connectivity index (χ3v) is 4.81. The molecule has 0 aromatic heterocycles. The summed E-state index contributed by atoms with van der Waals surface area (Å²) in [6, 6.07) is 14.1. The maximum absolute atomic E-state index is 12.2. The summed E-state index contributed by atoms with van der Waals surface area (Å²) in [7, 11) is -1.93. The number of benzene rings is 2. The summed E-state index contributed by atoms with van der Waals surface area (Å²) < 4.78 is 30.4. The van der Waals surface area contributed by atoms with Gasteiger partial charge in [0.1, 0.15) is 5.75 Å². The van der Waals surface area contributed by atoms with E-state index in [1.54, 1.807) is 43.5 Å². The van der Waals surface area contributed by atoms with Gasteiger partial charge in [0.15, 0.2) is 0 Å². The van der Waals surface area contributed by atoms with Crippen molar-refractivity contribution in [2.45, 2.75) is 13.3 Å². The van der Waals surface area contributed by atoms with Gasteiger partial charge in [0.25, 0.3) is 0 Å². The van der Waals surface area contributed by atoms with Gasteiger partial charge < -0.3 is 10.1 Å². The first-order valence-electron chi connectivity index (χ1n) is 7.78. The number of hydrogen-bond donors (Lipinski definition) is 1. The zero-order valence-corrected chi connectivity index (χ0v) is 15.3. The largest absolute Gasteiger partial charge is 0.497 e. The zero-order valence-electron chi connectivity index (χ0n) is 14.5. The highest BCUT2D eigenvalue weighted by Crippen LogP contribution is 2.20. The molecule has 0 bridgehead atoms. The summed E-state index contributed by atoms with van der Waals surface area (Å²) >= 11 is 0. The number of methoxy groups -OCH3 is 1. The summed E-state index contributed by atoms with van der Waals surface area (Å²) in [6.45, 7) is 1.99. The van der Waals surface area contributed by atoms with E-state index in [9.17, 15) is 13.2 Å². The average Bonchev–Trinajstić information content (AvgIpc) is 2.55. The molecule has 25 heavy (non-hydrogen) atoms. The molecule has 7 heteroatoms. The second-order valence-corrected chi connectivity index (χ2v) is 7.61. The maximum Gasteiger partial charge on any atom is 0.232 e. The third-order valence-electron chi connectivity index (χ3n) is 3.62. The van der Waals surface area contributed by atoms with Crippen LogP contribution in [0.25, 0.3) is 0 Å². The van der Waals surface area contributed by atoms with Gasteiger partial charge >= 0.3 is 0 Å². The Balaban J connectivity index is 2.05. The summed E-state index contributed by atoms with van der Waals surface area (Å²) in [4.78, 5) is 12.2. The molecular formula is C18H22N2O4S. The van der Waals surface area contributed by atoms with E-state index in [-0.39, 0.29) is 18.9 Å². The number of aryl methyl sites for hydroxylation is 1. The lowest BCUT2D eigenvalue weighted by molar-refractivity contribution is -0.116. The van der Waals surface area contributed by atoms with Crippen LogP contribution in [0.4, 0.5) is 11.4 Å². The number of anilines is 2. The van der Waals surface area contributed by atoms with Gasteiger partial charge in [-0.05, 0) is 31.2 Å². The van der Waals surface area contributed by atoms with E-state index in [0.29, 0.717) is 17.1 Å². The van der Waals surface area contributed by atoms with E-state index in [4.69, 9.17) is 4.74 Å². The van der Waals surface area contributed by atoms with Gasteiger partial charge in [0.2, 0.25) is 15.9 Å². The Morgan fingerprint density at radius 3 is 2.44 bits per heavy atom. The molecule has 0 heterocycles. The average molecular weight is 362 g/mol. The van der Waals surface area contributed by atoms with Crippen molar-refractivity contribution in [3.8, 4) is 5.75 Å². The lowest BCUT2D eigenvalue weighted by atomic mass is 10.2. The molecule has 0 fully saturated rings. The molecule has 0 aliphatic carbocycles. The van der Waals surface area contributed by atoms with E-state index >= 15 is 0 Å². The second-order valence-electron chi connectivity index (χ2n) is 5.70. The first-order valence-corrected chi connectivity index (χ1v) is 9.63. The topological polar surface area (TPSA) is 75.7 Å². The molecular weight excluding hydrogens is 340 g/mol. The number of nitrogens with one attached hydrogen (secondary N) is 1. The van der Waals surface area contributed by atoms with Gasteiger partial charge in [0, 0.05) is 24.7 Å². The molecule has 0 radical (unpaired) electrons. The third kappa shape index (κ3) is 5.49. The van der Waals surface area contributed by atoms with Crippen LogP contribution in [0.1, 0.15) is 12.0 Å². The van der Waals surface area contributed by atoms with Crippen LogP contribution in [-0.2, 0) is 14.8 Å². The summed E-state index contributed by atoms with van der Waals surface area (Å²) in [5.41, 5.74) is 2.18. The predicted molar refractivity (Wildman–Crippen MR) is 99.6 cm³/mol. The molecule has 2 aromatic carbocycles.